The van der Waals surface area contributed by atoms with E-state index in [2.05, 4.69) is 10.3 Å². The van der Waals surface area contributed by atoms with Crippen LogP contribution in [0.4, 0.5) is 11.5 Å². The molecule has 1 aromatic carbocycles. The lowest BCUT2D eigenvalue weighted by molar-refractivity contribution is -0.385. The number of ether oxygens (including phenoxy) is 3. The van der Waals surface area contributed by atoms with Gasteiger partial charge in [-0.2, -0.15) is 0 Å². The predicted octanol–water partition coefficient (Wildman–Crippen LogP) is 3.06. The fourth-order valence-electron chi connectivity index (χ4n) is 2.19. The molecule has 0 atom stereocenters. The maximum atomic E-state index is 12.2. The summed E-state index contributed by atoms with van der Waals surface area (Å²) in [6, 6.07) is 7.74. The Balaban J connectivity index is 1.88. The Bertz CT molecular complexity index is 755. The first kappa shape index (κ1) is 20.0. The van der Waals surface area contributed by atoms with Crippen molar-refractivity contribution in [3.8, 4) is 11.5 Å². The molecule has 0 amide bonds. The number of carbonyl (C=O) groups is 1. The zero-order chi connectivity index (χ0) is 19.6. The highest BCUT2D eigenvalue weighted by molar-refractivity contribution is 5.90. The van der Waals surface area contributed by atoms with Gasteiger partial charge in [0, 0.05) is 12.1 Å². The molecule has 9 heteroatoms. The minimum absolute atomic E-state index is 0.0914. The summed E-state index contributed by atoms with van der Waals surface area (Å²) in [4.78, 5) is 26.2. The van der Waals surface area contributed by atoms with E-state index >= 15 is 0 Å². The quantitative estimate of drug-likeness (QED) is 0.292. The molecule has 0 saturated heterocycles. The van der Waals surface area contributed by atoms with Gasteiger partial charge in [-0.25, -0.2) is 9.78 Å². The Kier molecular flexibility index (Phi) is 7.36. The van der Waals surface area contributed by atoms with Gasteiger partial charge >= 0.3 is 5.97 Å². The second-order valence-corrected chi connectivity index (χ2v) is 5.28. The van der Waals surface area contributed by atoms with Gasteiger partial charge in [-0.15, -0.1) is 0 Å². The van der Waals surface area contributed by atoms with Crippen LogP contribution in [0.5, 0.6) is 11.5 Å². The van der Waals surface area contributed by atoms with Crippen molar-refractivity contribution in [1.82, 2.24) is 4.98 Å². The highest BCUT2D eigenvalue weighted by Gasteiger charge is 2.12. The van der Waals surface area contributed by atoms with Crippen LogP contribution in [-0.2, 0) is 4.74 Å². The molecular weight excluding hydrogens is 354 g/mol. The van der Waals surface area contributed by atoms with Crippen molar-refractivity contribution in [2.24, 2.45) is 0 Å². The van der Waals surface area contributed by atoms with Gasteiger partial charge in [0.2, 0.25) is 0 Å². The predicted molar refractivity (Wildman–Crippen MR) is 98.4 cm³/mol. The SMILES string of the molecule is CCOc1cc(OCC)cc(C(=O)OCCNc2ccc([N+](=O)[O-])cn2)c1. The molecule has 0 aliphatic heterocycles. The van der Waals surface area contributed by atoms with Crippen LogP contribution < -0.4 is 14.8 Å². The topological polar surface area (TPSA) is 113 Å². The standard InChI is InChI=1S/C18H21N3O6/c1-3-25-15-9-13(10-16(11-15)26-4-2)18(22)27-8-7-19-17-6-5-14(12-20-17)21(23)24/h5-6,9-12H,3-4,7-8H2,1-2H3,(H,19,20). The Morgan fingerprint density at radius 3 is 2.33 bits per heavy atom. The van der Waals surface area contributed by atoms with Gasteiger partial charge in [0.05, 0.1) is 30.2 Å². The van der Waals surface area contributed by atoms with Crippen molar-refractivity contribution in [1.29, 1.82) is 0 Å². The van der Waals surface area contributed by atoms with Gasteiger partial charge in [0.25, 0.3) is 5.69 Å². The number of hydrogen-bond donors (Lipinski definition) is 1. The fraction of sp³-hybridized carbons (Fsp3) is 0.333. The van der Waals surface area contributed by atoms with E-state index in [9.17, 15) is 14.9 Å². The monoisotopic (exact) mass is 375 g/mol. The Hall–Kier alpha value is -3.36. The molecule has 9 nitrogen and oxygen atoms in total. The van der Waals surface area contributed by atoms with Crippen molar-refractivity contribution in [2.75, 3.05) is 31.7 Å². The molecule has 0 aliphatic carbocycles. The van der Waals surface area contributed by atoms with Crippen LogP contribution in [0.15, 0.2) is 36.5 Å². The molecule has 0 fully saturated rings. The van der Waals surface area contributed by atoms with Gasteiger partial charge in [-0.05, 0) is 32.0 Å². The molecule has 1 heterocycles. The molecule has 1 N–H and O–H groups in total. The normalized spacial score (nSPS) is 10.1. The van der Waals surface area contributed by atoms with E-state index in [0.717, 1.165) is 6.20 Å². The smallest absolute Gasteiger partial charge is 0.338 e. The summed E-state index contributed by atoms with van der Waals surface area (Å²) >= 11 is 0. The lowest BCUT2D eigenvalue weighted by Crippen LogP contribution is -2.14. The highest BCUT2D eigenvalue weighted by atomic mass is 16.6. The van der Waals surface area contributed by atoms with Crippen LogP contribution in [0.2, 0.25) is 0 Å². The summed E-state index contributed by atoms with van der Waals surface area (Å²) in [6.07, 6.45) is 1.16. The second-order valence-electron chi connectivity index (χ2n) is 5.28. The Morgan fingerprint density at radius 1 is 1.15 bits per heavy atom. The molecule has 0 unspecified atom stereocenters. The van der Waals surface area contributed by atoms with Crippen LogP contribution >= 0.6 is 0 Å². The summed E-state index contributed by atoms with van der Waals surface area (Å²) in [6.45, 7) is 5.04. The lowest BCUT2D eigenvalue weighted by atomic mass is 10.2. The molecule has 0 saturated carbocycles. The highest BCUT2D eigenvalue weighted by Crippen LogP contribution is 2.23. The number of pyridine rings is 1. The first-order valence-corrected chi connectivity index (χ1v) is 8.45. The van der Waals surface area contributed by atoms with E-state index in [1.807, 2.05) is 13.8 Å². The first-order chi connectivity index (χ1) is 13.0. The second kappa shape index (κ2) is 9.95. The fourth-order valence-corrected chi connectivity index (χ4v) is 2.19. The van der Waals surface area contributed by atoms with Crippen LogP contribution in [0, 0.1) is 10.1 Å². The van der Waals surface area contributed by atoms with E-state index in [4.69, 9.17) is 14.2 Å². The Labute approximate surface area is 156 Å². The number of anilines is 1. The van der Waals surface area contributed by atoms with Crippen molar-refractivity contribution in [3.63, 3.8) is 0 Å². The molecule has 0 spiro atoms. The van der Waals surface area contributed by atoms with E-state index in [1.165, 1.54) is 12.1 Å². The van der Waals surface area contributed by atoms with Gasteiger partial charge < -0.3 is 19.5 Å². The third-order valence-electron chi connectivity index (χ3n) is 3.34. The number of nitrogens with one attached hydrogen (secondary N) is 1. The summed E-state index contributed by atoms with van der Waals surface area (Å²) in [7, 11) is 0. The number of nitro groups is 1. The summed E-state index contributed by atoms with van der Waals surface area (Å²) in [5, 5.41) is 13.5. The maximum Gasteiger partial charge on any atom is 0.338 e. The Morgan fingerprint density at radius 2 is 1.81 bits per heavy atom. The zero-order valence-corrected chi connectivity index (χ0v) is 15.1. The van der Waals surface area contributed by atoms with Crippen LogP contribution in [0.1, 0.15) is 24.2 Å². The molecule has 27 heavy (non-hydrogen) atoms. The molecule has 0 radical (unpaired) electrons. The van der Waals surface area contributed by atoms with Crippen molar-refractivity contribution in [2.45, 2.75) is 13.8 Å². The van der Waals surface area contributed by atoms with Crippen LogP contribution in [0.25, 0.3) is 0 Å². The third-order valence-corrected chi connectivity index (χ3v) is 3.34. The number of hydrogen-bond acceptors (Lipinski definition) is 8. The number of rotatable bonds is 10. The largest absolute Gasteiger partial charge is 0.494 e. The average Bonchev–Trinajstić information content (AvgIpc) is 2.66. The number of carbonyl (C=O) groups excluding carboxylic acids is 1. The zero-order valence-electron chi connectivity index (χ0n) is 15.1. The first-order valence-electron chi connectivity index (χ1n) is 8.45. The van der Waals surface area contributed by atoms with E-state index < -0.39 is 10.9 Å². The average molecular weight is 375 g/mol. The summed E-state index contributed by atoms with van der Waals surface area (Å²) < 4.78 is 16.1. The molecule has 144 valence electrons. The van der Waals surface area contributed by atoms with Crippen molar-refractivity contribution in [3.05, 3.63) is 52.2 Å². The minimum Gasteiger partial charge on any atom is -0.494 e. The molecule has 0 bridgehead atoms. The van der Waals surface area contributed by atoms with Crippen LogP contribution in [0.3, 0.4) is 0 Å². The molecule has 2 aromatic rings. The molecular formula is C18H21N3O6. The summed E-state index contributed by atoms with van der Waals surface area (Å²) in [5.41, 5.74) is 0.240. The number of aromatic nitrogens is 1. The van der Waals surface area contributed by atoms with Crippen LogP contribution in [-0.4, -0.2) is 42.2 Å². The van der Waals surface area contributed by atoms with Crippen molar-refractivity contribution < 1.29 is 23.9 Å². The van der Waals surface area contributed by atoms with E-state index in [1.54, 1.807) is 18.2 Å². The molecule has 0 aliphatic rings. The van der Waals surface area contributed by atoms with Crippen molar-refractivity contribution >= 4 is 17.5 Å². The maximum absolute atomic E-state index is 12.2. The number of nitrogens with zero attached hydrogens (tertiary/aromatic N) is 2. The van der Waals surface area contributed by atoms with Gasteiger partial charge in [0.1, 0.15) is 30.1 Å². The third kappa shape index (κ3) is 6.14. The lowest BCUT2D eigenvalue weighted by Gasteiger charge is -2.11. The molecule has 2 rings (SSSR count). The van der Waals surface area contributed by atoms with E-state index in [-0.39, 0.29) is 12.3 Å². The van der Waals surface area contributed by atoms with Gasteiger partial charge in [-0.1, -0.05) is 0 Å². The number of benzene rings is 1. The minimum atomic E-state index is -0.522. The van der Waals surface area contributed by atoms with Gasteiger partial charge in [-0.3, -0.25) is 10.1 Å². The summed E-state index contributed by atoms with van der Waals surface area (Å²) in [5.74, 6) is 1.01. The van der Waals surface area contributed by atoms with Gasteiger partial charge in [0.15, 0.2) is 0 Å². The molecule has 1 aromatic heterocycles. The van der Waals surface area contributed by atoms with E-state index in [0.29, 0.717) is 42.6 Å². The number of esters is 1.